The summed E-state index contributed by atoms with van der Waals surface area (Å²) in [5.41, 5.74) is 1.85. The molecule has 0 saturated carbocycles. The molecular formula is C17H10N4O3S. The highest BCUT2D eigenvalue weighted by atomic mass is 32.1. The second kappa shape index (κ2) is 5.91. The van der Waals surface area contributed by atoms with Gasteiger partial charge in [-0.1, -0.05) is 41.7 Å². The van der Waals surface area contributed by atoms with Crippen LogP contribution in [-0.4, -0.2) is 25.3 Å². The van der Waals surface area contributed by atoms with Gasteiger partial charge in [-0.2, -0.15) is 5.10 Å². The van der Waals surface area contributed by atoms with Gasteiger partial charge in [-0.25, -0.2) is 9.50 Å². The van der Waals surface area contributed by atoms with Crippen molar-refractivity contribution in [3.63, 3.8) is 0 Å². The molecule has 0 aliphatic carbocycles. The second-order valence-corrected chi connectivity index (χ2v) is 6.21. The van der Waals surface area contributed by atoms with Gasteiger partial charge < -0.3 is 0 Å². The molecule has 2 aromatic carbocycles. The number of aromatic nitrogens is 3. The lowest BCUT2D eigenvalue weighted by atomic mass is 10.0. The summed E-state index contributed by atoms with van der Waals surface area (Å²) >= 11 is 1.24. The van der Waals surface area contributed by atoms with Gasteiger partial charge in [-0.05, 0) is 12.1 Å². The number of fused-ring (bicyclic) bond motifs is 1. The van der Waals surface area contributed by atoms with Gasteiger partial charge in [-0.3, -0.25) is 14.9 Å². The van der Waals surface area contributed by atoms with Crippen molar-refractivity contribution in [2.45, 2.75) is 0 Å². The number of ketones is 1. The van der Waals surface area contributed by atoms with Crippen molar-refractivity contribution in [2.75, 3.05) is 0 Å². The van der Waals surface area contributed by atoms with Gasteiger partial charge in [0, 0.05) is 23.3 Å². The van der Waals surface area contributed by atoms with Crippen LogP contribution in [0, 0.1) is 10.1 Å². The van der Waals surface area contributed by atoms with Crippen LogP contribution in [0.15, 0.2) is 60.9 Å². The van der Waals surface area contributed by atoms with Crippen molar-refractivity contribution in [3.05, 3.63) is 81.5 Å². The van der Waals surface area contributed by atoms with Crippen LogP contribution in [0.25, 0.3) is 16.2 Å². The lowest BCUT2D eigenvalue weighted by Gasteiger charge is -2.04. The topological polar surface area (TPSA) is 90.4 Å². The number of non-ortho nitro benzene ring substituents is 1. The number of rotatable bonds is 4. The fraction of sp³-hybridized carbons (Fsp3) is 0. The van der Waals surface area contributed by atoms with Gasteiger partial charge in [0.2, 0.25) is 10.7 Å². The quantitative estimate of drug-likeness (QED) is 0.319. The number of thiazole rings is 1. The summed E-state index contributed by atoms with van der Waals surface area (Å²) in [7, 11) is 0. The first-order valence-corrected chi connectivity index (χ1v) is 8.14. The summed E-state index contributed by atoms with van der Waals surface area (Å²) in [6.07, 6.45) is 1.44. The normalized spacial score (nSPS) is 10.9. The average Bonchev–Trinajstić information content (AvgIpc) is 3.22. The Morgan fingerprint density at radius 3 is 2.48 bits per heavy atom. The van der Waals surface area contributed by atoms with E-state index in [4.69, 9.17) is 0 Å². The lowest BCUT2D eigenvalue weighted by molar-refractivity contribution is -0.384. The molecule has 8 heteroatoms. The van der Waals surface area contributed by atoms with E-state index in [1.54, 1.807) is 4.52 Å². The monoisotopic (exact) mass is 350 g/mol. The van der Waals surface area contributed by atoms with Crippen LogP contribution in [-0.2, 0) is 0 Å². The molecule has 0 N–H and O–H groups in total. The predicted octanol–water partition coefficient (Wildman–Crippen LogP) is 3.60. The summed E-state index contributed by atoms with van der Waals surface area (Å²) < 4.78 is 1.64. The molecule has 0 aliphatic rings. The Bertz CT molecular complexity index is 1080. The van der Waals surface area contributed by atoms with Gasteiger partial charge in [0.15, 0.2) is 0 Å². The number of benzene rings is 2. The zero-order chi connectivity index (χ0) is 17.4. The largest absolute Gasteiger partial charge is 0.288 e. The van der Waals surface area contributed by atoms with E-state index in [1.165, 1.54) is 41.9 Å². The van der Waals surface area contributed by atoms with Crippen LogP contribution >= 0.6 is 11.3 Å². The van der Waals surface area contributed by atoms with Gasteiger partial charge in [0.25, 0.3) is 5.69 Å². The molecule has 2 heterocycles. The van der Waals surface area contributed by atoms with E-state index < -0.39 is 4.92 Å². The maximum Gasteiger partial charge on any atom is 0.269 e. The first-order chi connectivity index (χ1) is 12.1. The van der Waals surface area contributed by atoms with Crippen molar-refractivity contribution in [1.82, 2.24) is 14.6 Å². The number of hydrogen-bond acceptors (Lipinski definition) is 6. The molecule has 2 aromatic heterocycles. The third kappa shape index (κ3) is 2.58. The zero-order valence-corrected chi connectivity index (χ0v) is 13.5. The molecule has 0 aliphatic heterocycles. The predicted molar refractivity (Wildman–Crippen MR) is 92.8 cm³/mol. The molecule has 0 amide bonds. The first kappa shape index (κ1) is 15.2. The molecule has 7 nitrogen and oxygen atoms in total. The number of carbonyl (C=O) groups excluding carboxylic acids is 1. The summed E-state index contributed by atoms with van der Waals surface area (Å²) in [6.45, 7) is 0. The molecule has 122 valence electrons. The van der Waals surface area contributed by atoms with Crippen LogP contribution in [0.1, 0.15) is 15.2 Å². The molecule has 0 fully saturated rings. The van der Waals surface area contributed by atoms with E-state index >= 15 is 0 Å². The van der Waals surface area contributed by atoms with Crippen molar-refractivity contribution in [1.29, 1.82) is 0 Å². The number of hydrogen-bond donors (Lipinski definition) is 0. The molecule has 25 heavy (non-hydrogen) atoms. The van der Waals surface area contributed by atoms with Crippen LogP contribution < -0.4 is 0 Å². The maximum atomic E-state index is 13.0. The summed E-state index contributed by atoms with van der Waals surface area (Å²) in [4.78, 5) is 28.5. The third-order valence-electron chi connectivity index (χ3n) is 3.73. The summed E-state index contributed by atoms with van der Waals surface area (Å²) in [5.74, 6) is -0.217. The second-order valence-electron chi connectivity index (χ2n) is 5.23. The molecule has 0 atom stereocenters. The molecule has 0 unspecified atom stereocenters. The zero-order valence-electron chi connectivity index (χ0n) is 12.7. The Morgan fingerprint density at radius 1 is 1.08 bits per heavy atom. The molecule has 4 aromatic rings. The van der Waals surface area contributed by atoms with E-state index in [9.17, 15) is 14.9 Å². The molecule has 0 bridgehead atoms. The van der Waals surface area contributed by atoms with Crippen LogP contribution in [0.2, 0.25) is 0 Å². The highest BCUT2D eigenvalue weighted by Crippen LogP contribution is 2.32. The van der Waals surface area contributed by atoms with E-state index in [0.29, 0.717) is 21.1 Å². The Balaban J connectivity index is 1.85. The third-order valence-corrected chi connectivity index (χ3v) is 4.77. The van der Waals surface area contributed by atoms with E-state index in [0.717, 1.165) is 5.56 Å². The standard InChI is InChI=1S/C17H10N4O3S/c22-15(12-6-8-13(9-7-12)21(23)24)16-14(11-4-2-1-3-5-11)20-17(25-16)18-10-19-20/h1-10H. The minimum absolute atomic E-state index is 0.0533. The van der Waals surface area contributed by atoms with Gasteiger partial charge in [-0.15, -0.1) is 0 Å². The lowest BCUT2D eigenvalue weighted by Crippen LogP contribution is -2.02. The SMILES string of the molecule is O=C(c1ccc([N+](=O)[O-])cc1)c1sc2ncnn2c1-c1ccccc1. The summed E-state index contributed by atoms with van der Waals surface area (Å²) in [6, 6.07) is 15.0. The Morgan fingerprint density at radius 2 is 1.80 bits per heavy atom. The maximum absolute atomic E-state index is 13.0. The minimum atomic E-state index is -0.493. The van der Waals surface area contributed by atoms with Crippen molar-refractivity contribution in [3.8, 4) is 11.3 Å². The number of carbonyl (C=O) groups is 1. The number of nitro groups is 1. The number of nitrogens with zero attached hydrogens (tertiary/aromatic N) is 4. The van der Waals surface area contributed by atoms with Gasteiger partial charge in [0.05, 0.1) is 10.6 Å². The average molecular weight is 350 g/mol. The molecular weight excluding hydrogens is 340 g/mol. The van der Waals surface area contributed by atoms with Gasteiger partial charge in [0.1, 0.15) is 11.2 Å². The Hall–Kier alpha value is -3.39. The van der Waals surface area contributed by atoms with Crippen molar-refractivity contribution < 1.29 is 9.72 Å². The van der Waals surface area contributed by atoms with Crippen LogP contribution in [0.4, 0.5) is 5.69 Å². The van der Waals surface area contributed by atoms with Crippen molar-refractivity contribution >= 4 is 27.8 Å². The fourth-order valence-corrected chi connectivity index (χ4v) is 3.58. The van der Waals surface area contributed by atoms with Crippen molar-refractivity contribution in [2.24, 2.45) is 0 Å². The minimum Gasteiger partial charge on any atom is -0.288 e. The van der Waals surface area contributed by atoms with Crippen LogP contribution in [0.5, 0.6) is 0 Å². The molecule has 0 spiro atoms. The Labute approximate surface area is 145 Å². The Kier molecular flexibility index (Phi) is 3.58. The van der Waals surface area contributed by atoms with E-state index in [2.05, 4.69) is 10.1 Å². The molecule has 0 radical (unpaired) electrons. The van der Waals surface area contributed by atoms with E-state index in [-0.39, 0.29) is 11.5 Å². The van der Waals surface area contributed by atoms with Crippen LogP contribution in [0.3, 0.4) is 0 Å². The highest BCUT2D eigenvalue weighted by Gasteiger charge is 2.23. The summed E-state index contributed by atoms with van der Waals surface area (Å²) in [5, 5.41) is 15.0. The fourth-order valence-electron chi connectivity index (χ4n) is 2.56. The van der Waals surface area contributed by atoms with E-state index in [1.807, 2.05) is 30.3 Å². The molecule has 0 saturated heterocycles. The highest BCUT2D eigenvalue weighted by molar-refractivity contribution is 7.19. The number of nitro benzene ring substituents is 1. The molecule has 4 rings (SSSR count). The van der Waals surface area contributed by atoms with Gasteiger partial charge >= 0.3 is 0 Å². The smallest absolute Gasteiger partial charge is 0.269 e. The first-order valence-electron chi connectivity index (χ1n) is 7.32.